The number of anilines is 1. The van der Waals surface area contributed by atoms with E-state index in [1.54, 1.807) is 6.21 Å². The van der Waals surface area contributed by atoms with Gasteiger partial charge in [0.25, 0.3) is 0 Å². The Balaban J connectivity index is 0.00000208. The first-order valence-corrected chi connectivity index (χ1v) is 8.26. The lowest BCUT2D eigenvalue weighted by molar-refractivity contribution is 0.340. The van der Waals surface area contributed by atoms with E-state index in [4.69, 9.17) is 4.74 Å². The molecule has 0 aliphatic rings. The van der Waals surface area contributed by atoms with Gasteiger partial charge in [0.15, 0.2) is 0 Å². The molecule has 6 heteroatoms. The predicted molar refractivity (Wildman–Crippen MR) is 104 cm³/mol. The fourth-order valence-corrected chi connectivity index (χ4v) is 2.71. The van der Waals surface area contributed by atoms with Crippen LogP contribution in [0.3, 0.4) is 0 Å². The number of halogens is 1. The molecule has 0 aliphatic carbocycles. The number of nitrogens with zero attached hydrogens (tertiary/aromatic N) is 2. The first-order chi connectivity index (χ1) is 11.3. The SMILES string of the molecule is CCOc1ccc(/C=N/Nc2nc(-c3ccccc3)cs2)cc1.Cl. The quantitative estimate of drug-likeness (QED) is 0.493. The standard InChI is InChI=1S/C18H17N3OS.ClH/c1-2-22-16-10-8-14(9-11-16)12-19-21-18-20-17(13-23-18)15-6-4-3-5-7-15;/h3-13H,2H2,1H3,(H,20,21);1H/b19-12+;. The first-order valence-electron chi connectivity index (χ1n) is 7.38. The van der Waals surface area contributed by atoms with E-state index in [1.165, 1.54) is 11.3 Å². The molecule has 124 valence electrons. The van der Waals surface area contributed by atoms with Gasteiger partial charge in [-0.15, -0.1) is 23.7 Å². The lowest BCUT2D eigenvalue weighted by atomic mass is 10.2. The summed E-state index contributed by atoms with van der Waals surface area (Å²) in [7, 11) is 0. The molecule has 0 radical (unpaired) electrons. The van der Waals surface area contributed by atoms with Crippen LogP contribution in [-0.2, 0) is 0 Å². The molecule has 24 heavy (non-hydrogen) atoms. The summed E-state index contributed by atoms with van der Waals surface area (Å²) in [5.74, 6) is 0.866. The van der Waals surface area contributed by atoms with Gasteiger partial charge in [-0.25, -0.2) is 4.98 Å². The van der Waals surface area contributed by atoms with E-state index in [2.05, 4.69) is 15.5 Å². The number of hydrogen-bond acceptors (Lipinski definition) is 5. The Hall–Kier alpha value is -2.37. The maximum absolute atomic E-state index is 5.41. The van der Waals surface area contributed by atoms with Crippen LogP contribution in [0.5, 0.6) is 5.75 Å². The van der Waals surface area contributed by atoms with Crippen LogP contribution in [0.2, 0.25) is 0 Å². The fraction of sp³-hybridized carbons (Fsp3) is 0.111. The predicted octanol–water partition coefficient (Wildman–Crippen LogP) is 5.08. The molecule has 0 spiro atoms. The number of hydrogen-bond donors (Lipinski definition) is 1. The highest BCUT2D eigenvalue weighted by molar-refractivity contribution is 7.14. The molecule has 3 rings (SSSR count). The van der Waals surface area contributed by atoms with E-state index in [1.807, 2.05) is 66.9 Å². The Labute approximate surface area is 151 Å². The normalized spacial score (nSPS) is 10.4. The van der Waals surface area contributed by atoms with Gasteiger partial charge >= 0.3 is 0 Å². The molecule has 0 atom stereocenters. The lowest BCUT2D eigenvalue weighted by Crippen LogP contribution is -1.92. The number of nitrogens with one attached hydrogen (secondary N) is 1. The number of ether oxygens (including phenoxy) is 1. The highest BCUT2D eigenvalue weighted by Crippen LogP contribution is 2.24. The molecule has 0 fully saturated rings. The van der Waals surface area contributed by atoms with Crippen LogP contribution in [0.1, 0.15) is 12.5 Å². The largest absolute Gasteiger partial charge is 0.494 e. The average Bonchev–Trinajstić information content (AvgIpc) is 3.06. The summed E-state index contributed by atoms with van der Waals surface area (Å²) in [4.78, 5) is 4.52. The van der Waals surface area contributed by atoms with Gasteiger partial charge in [0.1, 0.15) is 5.75 Å². The zero-order chi connectivity index (χ0) is 15.9. The van der Waals surface area contributed by atoms with E-state index in [0.717, 1.165) is 27.7 Å². The van der Waals surface area contributed by atoms with Crippen molar-refractivity contribution >= 4 is 35.1 Å². The molecule has 0 unspecified atom stereocenters. The molecule has 4 nitrogen and oxygen atoms in total. The van der Waals surface area contributed by atoms with E-state index >= 15 is 0 Å². The Morgan fingerprint density at radius 3 is 2.58 bits per heavy atom. The number of benzene rings is 2. The third kappa shape index (κ3) is 4.81. The summed E-state index contributed by atoms with van der Waals surface area (Å²) in [6.45, 7) is 2.64. The maximum Gasteiger partial charge on any atom is 0.203 e. The minimum atomic E-state index is 0. The zero-order valence-corrected chi connectivity index (χ0v) is 14.8. The van der Waals surface area contributed by atoms with Crippen molar-refractivity contribution in [2.75, 3.05) is 12.0 Å². The minimum Gasteiger partial charge on any atom is -0.494 e. The minimum absolute atomic E-state index is 0. The molecular weight excluding hydrogens is 342 g/mol. The van der Waals surface area contributed by atoms with E-state index < -0.39 is 0 Å². The molecular formula is C18H18ClN3OS. The number of thiazole rings is 1. The molecule has 0 saturated heterocycles. The van der Waals surface area contributed by atoms with Crippen molar-refractivity contribution in [1.82, 2.24) is 4.98 Å². The summed E-state index contributed by atoms with van der Waals surface area (Å²) in [6.07, 6.45) is 1.76. The van der Waals surface area contributed by atoms with Crippen molar-refractivity contribution in [3.63, 3.8) is 0 Å². The van der Waals surface area contributed by atoms with Crippen LogP contribution < -0.4 is 10.2 Å². The zero-order valence-electron chi connectivity index (χ0n) is 13.2. The van der Waals surface area contributed by atoms with Crippen LogP contribution in [0.15, 0.2) is 65.1 Å². The molecule has 0 amide bonds. The molecule has 0 aliphatic heterocycles. The van der Waals surface area contributed by atoms with Gasteiger partial charge in [-0.05, 0) is 36.8 Å². The summed E-state index contributed by atoms with van der Waals surface area (Å²) in [5, 5.41) is 7.01. The third-order valence-electron chi connectivity index (χ3n) is 3.14. The second kappa shape index (κ2) is 9.05. The summed E-state index contributed by atoms with van der Waals surface area (Å²) in [6, 6.07) is 17.9. The Morgan fingerprint density at radius 1 is 1.12 bits per heavy atom. The smallest absolute Gasteiger partial charge is 0.203 e. The van der Waals surface area contributed by atoms with Crippen molar-refractivity contribution in [1.29, 1.82) is 0 Å². The van der Waals surface area contributed by atoms with Gasteiger partial charge in [-0.1, -0.05) is 30.3 Å². The molecule has 1 N–H and O–H groups in total. The number of rotatable bonds is 6. The Morgan fingerprint density at radius 2 is 1.88 bits per heavy atom. The highest BCUT2D eigenvalue weighted by atomic mass is 35.5. The van der Waals surface area contributed by atoms with Crippen LogP contribution in [0, 0.1) is 0 Å². The summed E-state index contributed by atoms with van der Waals surface area (Å²) in [5.41, 5.74) is 6.03. The summed E-state index contributed by atoms with van der Waals surface area (Å²) < 4.78 is 5.41. The lowest BCUT2D eigenvalue weighted by Gasteiger charge is -2.02. The molecule has 3 aromatic rings. The van der Waals surface area contributed by atoms with E-state index in [-0.39, 0.29) is 12.4 Å². The Bertz CT molecular complexity index is 772. The molecule has 1 heterocycles. The van der Waals surface area contributed by atoms with Crippen molar-refractivity contribution < 1.29 is 4.74 Å². The fourth-order valence-electron chi connectivity index (χ4n) is 2.05. The van der Waals surface area contributed by atoms with E-state index in [0.29, 0.717) is 6.61 Å². The average molecular weight is 360 g/mol. The molecule has 1 aromatic heterocycles. The van der Waals surface area contributed by atoms with Gasteiger partial charge < -0.3 is 4.74 Å². The van der Waals surface area contributed by atoms with Crippen LogP contribution in [0.4, 0.5) is 5.13 Å². The van der Waals surface area contributed by atoms with Crippen molar-refractivity contribution in [3.05, 3.63) is 65.5 Å². The summed E-state index contributed by atoms with van der Waals surface area (Å²) >= 11 is 1.53. The Kier molecular flexibility index (Phi) is 6.78. The van der Waals surface area contributed by atoms with Gasteiger partial charge in [0.2, 0.25) is 5.13 Å². The van der Waals surface area contributed by atoms with Crippen molar-refractivity contribution in [2.24, 2.45) is 5.10 Å². The number of hydrazone groups is 1. The third-order valence-corrected chi connectivity index (χ3v) is 3.89. The van der Waals surface area contributed by atoms with Crippen LogP contribution in [0.25, 0.3) is 11.3 Å². The van der Waals surface area contributed by atoms with E-state index in [9.17, 15) is 0 Å². The highest BCUT2D eigenvalue weighted by Gasteiger charge is 2.02. The monoisotopic (exact) mass is 359 g/mol. The topological polar surface area (TPSA) is 46.5 Å². The maximum atomic E-state index is 5.41. The van der Waals surface area contributed by atoms with Crippen molar-refractivity contribution in [2.45, 2.75) is 6.92 Å². The molecule has 0 bridgehead atoms. The molecule has 2 aromatic carbocycles. The van der Waals surface area contributed by atoms with Crippen LogP contribution >= 0.6 is 23.7 Å². The van der Waals surface area contributed by atoms with Gasteiger partial charge in [-0.2, -0.15) is 5.10 Å². The number of aromatic nitrogens is 1. The second-order valence-corrected chi connectivity index (χ2v) is 5.63. The van der Waals surface area contributed by atoms with Gasteiger partial charge in [0, 0.05) is 10.9 Å². The van der Waals surface area contributed by atoms with Crippen LogP contribution in [-0.4, -0.2) is 17.8 Å². The van der Waals surface area contributed by atoms with Crippen molar-refractivity contribution in [3.8, 4) is 17.0 Å². The second-order valence-electron chi connectivity index (χ2n) is 4.78. The first kappa shape index (κ1) is 18.0. The van der Waals surface area contributed by atoms with Gasteiger partial charge in [-0.3, -0.25) is 5.43 Å². The van der Waals surface area contributed by atoms with Gasteiger partial charge in [0.05, 0.1) is 18.5 Å². The molecule has 0 saturated carbocycles.